The third-order valence-electron chi connectivity index (χ3n) is 3.90. The Morgan fingerprint density at radius 1 is 1.32 bits per heavy atom. The summed E-state index contributed by atoms with van der Waals surface area (Å²) in [6.45, 7) is 9.22. The van der Waals surface area contributed by atoms with Crippen molar-refractivity contribution in [2.24, 2.45) is 11.1 Å². The van der Waals surface area contributed by atoms with Crippen LogP contribution in [0.5, 0.6) is 5.75 Å². The van der Waals surface area contributed by atoms with E-state index in [1.807, 2.05) is 40.7 Å². The van der Waals surface area contributed by atoms with Crippen LogP contribution in [0, 0.1) is 5.41 Å². The second-order valence-electron chi connectivity index (χ2n) is 6.14. The lowest BCUT2D eigenvalue weighted by Gasteiger charge is -2.37. The van der Waals surface area contributed by atoms with Crippen LogP contribution in [-0.4, -0.2) is 16.6 Å². The molecule has 1 aromatic carbocycles. The number of amides is 1. The van der Waals surface area contributed by atoms with Crippen molar-refractivity contribution < 1.29 is 9.90 Å². The second kappa shape index (κ2) is 5.21. The lowest BCUT2D eigenvalue weighted by atomic mass is 9.74. The van der Waals surface area contributed by atoms with Crippen LogP contribution < -0.4 is 11.1 Å². The monoisotopic (exact) mass is 264 g/mol. The zero-order chi connectivity index (χ0) is 14.8. The normalized spacial score (nSPS) is 14.0. The number of rotatable bonds is 4. The zero-order valence-corrected chi connectivity index (χ0v) is 12.3. The smallest absolute Gasteiger partial charge is 0.227 e. The highest BCUT2D eigenvalue weighted by Gasteiger charge is 2.40. The molecule has 0 aliphatic carbocycles. The lowest BCUT2D eigenvalue weighted by molar-refractivity contribution is -0.132. The van der Waals surface area contributed by atoms with Crippen molar-refractivity contribution in [1.82, 2.24) is 5.32 Å². The standard InChI is InChI=1S/C15H24N2O2/c1-10(11-7-6-8-12(18)9-11)17-13(19)14(2,3)15(4,5)16/h6-10,18H,16H2,1-5H3,(H,17,19). The minimum atomic E-state index is -0.682. The molecule has 106 valence electrons. The molecule has 19 heavy (non-hydrogen) atoms. The summed E-state index contributed by atoms with van der Waals surface area (Å²) in [6.07, 6.45) is 0. The number of nitrogens with two attached hydrogens (primary N) is 1. The Morgan fingerprint density at radius 3 is 2.37 bits per heavy atom. The number of carbonyl (C=O) groups is 1. The first-order chi connectivity index (χ1) is 8.55. The molecule has 0 aromatic heterocycles. The van der Waals surface area contributed by atoms with Crippen molar-refractivity contribution in [3.8, 4) is 5.75 Å². The maximum atomic E-state index is 12.3. The van der Waals surface area contributed by atoms with Gasteiger partial charge in [0.15, 0.2) is 0 Å². The Kier molecular flexibility index (Phi) is 4.25. The molecule has 4 heteroatoms. The molecule has 4 N–H and O–H groups in total. The number of aromatic hydroxyl groups is 1. The summed E-state index contributed by atoms with van der Waals surface area (Å²) in [7, 11) is 0. The van der Waals surface area contributed by atoms with Gasteiger partial charge in [-0.05, 0) is 52.3 Å². The minimum absolute atomic E-state index is 0.101. The number of phenolic OH excluding ortho intramolecular Hbond substituents is 1. The number of carbonyl (C=O) groups excluding carboxylic acids is 1. The van der Waals surface area contributed by atoms with Crippen LogP contribution in [0.25, 0.3) is 0 Å². The van der Waals surface area contributed by atoms with Crippen molar-refractivity contribution in [3.05, 3.63) is 29.8 Å². The minimum Gasteiger partial charge on any atom is -0.508 e. The molecule has 1 rings (SSSR count). The van der Waals surface area contributed by atoms with Gasteiger partial charge in [0.1, 0.15) is 5.75 Å². The van der Waals surface area contributed by atoms with Crippen LogP contribution in [0.2, 0.25) is 0 Å². The average Bonchev–Trinajstić information content (AvgIpc) is 2.27. The third-order valence-corrected chi connectivity index (χ3v) is 3.90. The van der Waals surface area contributed by atoms with Crippen molar-refractivity contribution >= 4 is 5.91 Å². The van der Waals surface area contributed by atoms with E-state index in [4.69, 9.17) is 5.73 Å². The molecule has 0 spiro atoms. The number of phenols is 1. The highest BCUT2D eigenvalue weighted by molar-refractivity contribution is 5.83. The molecule has 1 aromatic rings. The van der Waals surface area contributed by atoms with Gasteiger partial charge in [0.25, 0.3) is 0 Å². The van der Waals surface area contributed by atoms with Crippen LogP contribution >= 0.6 is 0 Å². The summed E-state index contributed by atoms with van der Waals surface area (Å²) in [5, 5.41) is 12.4. The predicted octanol–water partition coefficient (Wildman–Crippen LogP) is 2.33. The fraction of sp³-hybridized carbons (Fsp3) is 0.533. The molecule has 1 amide bonds. The Labute approximate surface area is 115 Å². The van der Waals surface area contributed by atoms with Gasteiger partial charge in [0.2, 0.25) is 5.91 Å². The van der Waals surface area contributed by atoms with Crippen LogP contribution in [0.15, 0.2) is 24.3 Å². The van der Waals surface area contributed by atoms with E-state index in [2.05, 4.69) is 5.32 Å². The van der Waals surface area contributed by atoms with Gasteiger partial charge in [-0.1, -0.05) is 12.1 Å². The van der Waals surface area contributed by atoms with Crippen molar-refractivity contribution in [3.63, 3.8) is 0 Å². The quantitative estimate of drug-likeness (QED) is 0.781. The summed E-state index contributed by atoms with van der Waals surface area (Å²) in [5.74, 6) is 0.0906. The first kappa shape index (κ1) is 15.5. The number of benzene rings is 1. The third kappa shape index (κ3) is 3.47. The molecule has 0 aliphatic heterocycles. The molecule has 0 aliphatic rings. The van der Waals surface area contributed by atoms with E-state index in [9.17, 15) is 9.90 Å². The van der Waals surface area contributed by atoms with E-state index in [1.54, 1.807) is 18.2 Å². The van der Waals surface area contributed by atoms with Crippen LogP contribution in [0.4, 0.5) is 0 Å². The van der Waals surface area contributed by atoms with Gasteiger partial charge >= 0.3 is 0 Å². The molecule has 0 saturated carbocycles. The number of nitrogens with one attached hydrogen (secondary N) is 1. The molecular formula is C15H24N2O2. The highest BCUT2D eigenvalue weighted by Crippen LogP contribution is 2.29. The van der Waals surface area contributed by atoms with E-state index in [-0.39, 0.29) is 17.7 Å². The van der Waals surface area contributed by atoms with Crippen LogP contribution in [0.3, 0.4) is 0 Å². The van der Waals surface area contributed by atoms with Crippen LogP contribution in [-0.2, 0) is 4.79 Å². The molecule has 0 bridgehead atoms. The molecule has 1 unspecified atom stereocenters. The summed E-state index contributed by atoms with van der Waals surface area (Å²) >= 11 is 0. The summed E-state index contributed by atoms with van der Waals surface area (Å²) in [6, 6.07) is 6.69. The van der Waals surface area contributed by atoms with E-state index in [0.29, 0.717) is 0 Å². The van der Waals surface area contributed by atoms with E-state index < -0.39 is 11.0 Å². The highest BCUT2D eigenvalue weighted by atomic mass is 16.3. The first-order valence-corrected chi connectivity index (χ1v) is 6.44. The SMILES string of the molecule is CC(NC(=O)C(C)(C)C(C)(C)N)c1cccc(O)c1. The lowest BCUT2D eigenvalue weighted by Crippen LogP contribution is -2.55. The fourth-order valence-corrected chi connectivity index (χ4v) is 1.55. The Bertz CT molecular complexity index is 461. The molecule has 0 heterocycles. The predicted molar refractivity (Wildman–Crippen MR) is 76.7 cm³/mol. The molecule has 1 atom stereocenters. The van der Waals surface area contributed by atoms with Gasteiger partial charge in [-0.2, -0.15) is 0 Å². The maximum absolute atomic E-state index is 12.3. The molecular weight excluding hydrogens is 240 g/mol. The number of hydrogen-bond donors (Lipinski definition) is 3. The molecule has 4 nitrogen and oxygen atoms in total. The Hall–Kier alpha value is -1.55. The van der Waals surface area contributed by atoms with Crippen molar-refractivity contribution in [2.45, 2.75) is 46.2 Å². The Balaban J connectivity index is 2.83. The maximum Gasteiger partial charge on any atom is 0.227 e. The molecule has 0 fully saturated rings. The van der Waals surface area contributed by atoms with Gasteiger partial charge in [-0.15, -0.1) is 0 Å². The van der Waals surface area contributed by atoms with E-state index in [1.165, 1.54) is 0 Å². The molecule has 0 radical (unpaired) electrons. The summed E-state index contributed by atoms with van der Waals surface area (Å²) in [4.78, 5) is 12.3. The largest absolute Gasteiger partial charge is 0.508 e. The van der Waals surface area contributed by atoms with Gasteiger partial charge < -0.3 is 16.2 Å². The van der Waals surface area contributed by atoms with E-state index >= 15 is 0 Å². The van der Waals surface area contributed by atoms with Gasteiger partial charge in [-0.25, -0.2) is 0 Å². The van der Waals surface area contributed by atoms with Crippen LogP contribution in [0.1, 0.15) is 46.2 Å². The summed E-state index contributed by atoms with van der Waals surface area (Å²) < 4.78 is 0. The Morgan fingerprint density at radius 2 is 1.89 bits per heavy atom. The summed E-state index contributed by atoms with van der Waals surface area (Å²) in [5.41, 5.74) is 5.61. The van der Waals surface area contributed by atoms with Gasteiger partial charge in [-0.3, -0.25) is 4.79 Å². The van der Waals surface area contributed by atoms with Gasteiger partial charge in [0, 0.05) is 5.54 Å². The first-order valence-electron chi connectivity index (χ1n) is 6.44. The zero-order valence-electron chi connectivity index (χ0n) is 12.3. The molecule has 0 saturated heterocycles. The van der Waals surface area contributed by atoms with Gasteiger partial charge in [0.05, 0.1) is 11.5 Å². The van der Waals surface area contributed by atoms with Crippen molar-refractivity contribution in [1.29, 1.82) is 0 Å². The topological polar surface area (TPSA) is 75.4 Å². The second-order valence-corrected chi connectivity index (χ2v) is 6.14. The average molecular weight is 264 g/mol. The fourth-order valence-electron chi connectivity index (χ4n) is 1.55. The van der Waals surface area contributed by atoms with E-state index in [0.717, 1.165) is 5.56 Å². The van der Waals surface area contributed by atoms with Crippen molar-refractivity contribution in [2.75, 3.05) is 0 Å². The number of hydrogen-bond acceptors (Lipinski definition) is 3.